The Hall–Kier alpha value is -1.97. The first-order valence-corrected chi connectivity index (χ1v) is 7.49. The van der Waals surface area contributed by atoms with Crippen molar-refractivity contribution in [2.24, 2.45) is 0 Å². The Balaban J connectivity index is 2.66. The number of benzene rings is 1. The zero-order valence-electron chi connectivity index (χ0n) is 11.5. The van der Waals surface area contributed by atoms with Crippen LogP contribution in [0.2, 0.25) is 0 Å². The van der Waals surface area contributed by atoms with Crippen molar-refractivity contribution >= 4 is 10.2 Å². The molecule has 0 spiro atoms. The van der Waals surface area contributed by atoms with Crippen molar-refractivity contribution in [2.75, 3.05) is 0 Å². The summed E-state index contributed by atoms with van der Waals surface area (Å²) in [5.74, 6) is -1.36. The van der Waals surface area contributed by atoms with E-state index in [1.807, 2.05) is 0 Å². The summed E-state index contributed by atoms with van der Waals surface area (Å²) >= 11 is 0. The maximum absolute atomic E-state index is 13.3. The highest BCUT2D eigenvalue weighted by atomic mass is 32.3. The van der Waals surface area contributed by atoms with Crippen molar-refractivity contribution in [1.29, 1.82) is 0 Å². The smallest absolute Gasteiger partial charge is 0.220 e. The first-order chi connectivity index (χ1) is 10.0. The lowest BCUT2D eigenvalue weighted by Gasteiger charge is -2.11. The van der Waals surface area contributed by atoms with Crippen molar-refractivity contribution in [3.8, 4) is 5.69 Å². The Morgan fingerprint density at radius 1 is 1.27 bits per heavy atom. The second-order valence-corrected chi connectivity index (χ2v) is 5.86. The summed E-state index contributed by atoms with van der Waals surface area (Å²) in [6.07, 6.45) is -3.53. The van der Waals surface area contributed by atoms with Crippen LogP contribution in [0.4, 0.5) is 17.1 Å². The summed E-state index contributed by atoms with van der Waals surface area (Å²) in [4.78, 5) is 2.53. The SMILES string of the molecule is CCc1cc(C)c(S(=O)(=O)F)cc1-n1cnc(C(F)(F)F)n1. The molecule has 0 aliphatic carbocycles. The summed E-state index contributed by atoms with van der Waals surface area (Å²) in [6.45, 7) is 3.13. The van der Waals surface area contributed by atoms with Crippen LogP contribution in [0.1, 0.15) is 23.9 Å². The minimum atomic E-state index is -4.99. The molecule has 0 unspecified atom stereocenters. The molecule has 120 valence electrons. The molecular formula is C12H11F4N3O2S. The molecule has 1 aromatic heterocycles. The third kappa shape index (κ3) is 3.11. The first-order valence-electron chi connectivity index (χ1n) is 6.11. The monoisotopic (exact) mass is 337 g/mol. The molecule has 5 nitrogen and oxygen atoms in total. The molecular weight excluding hydrogens is 326 g/mol. The van der Waals surface area contributed by atoms with Crippen molar-refractivity contribution in [3.63, 3.8) is 0 Å². The maximum Gasteiger partial charge on any atom is 0.453 e. The Morgan fingerprint density at radius 3 is 2.36 bits per heavy atom. The van der Waals surface area contributed by atoms with Crippen LogP contribution in [0.25, 0.3) is 5.69 Å². The van der Waals surface area contributed by atoms with E-state index in [4.69, 9.17) is 0 Å². The predicted molar refractivity (Wildman–Crippen MR) is 68.8 cm³/mol. The van der Waals surface area contributed by atoms with E-state index in [-0.39, 0.29) is 11.3 Å². The molecule has 22 heavy (non-hydrogen) atoms. The lowest BCUT2D eigenvalue weighted by atomic mass is 10.1. The number of alkyl halides is 3. The predicted octanol–water partition coefficient (Wildman–Crippen LogP) is 2.82. The van der Waals surface area contributed by atoms with Gasteiger partial charge in [-0.05, 0) is 30.5 Å². The van der Waals surface area contributed by atoms with Gasteiger partial charge in [0.05, 0.1) is 5.69 Å². The molecule has 0 fully saturated rings. The van der Waals surface area contributed by atoms with Crippen LogP contribution < -0.4 is 0 Å². The number of rotatable bonds is 3. The van der Waals surface area contributed by atoms with Gasteiger partial charge in [-0.1, -0.05) is 13.0 Å². The highest BCUT2D eigenvalue weighted by Crippen LogP contribution is 2.28. The molecule has 0 aliphatic heterocycles. The van der Waals surface area contributed by atoms with Gasteiger partial charge in [0.25, 0.3) is 5.82 Å². The van der Waals surface area contributed by atoms with Gasteiger partial charge in [0.2, 0.25) is 0 Å². The summed E-state index contributed by atoms with van der Waals surface area (Å²) in [5, 5.41) is 3.28. The highest BCUT2D eigenvalue weighted by Gasteiger charge is 2.36. The zero-order valence-corrected chi connectivity index (χ0v) is 12.3. The van der Waals surface area contributed by atoms with E-state index in [2.05, 4.69) is 10.1 Å². The quantitative estimate of drug-likeness (QED) is 0.638. The average molecular weight is 337 g/mol. The first kappa shape index (κ1) is 16.4. The third-order valence-electron chi connectivity index (χ3n) is 3.01. The van der Waals surface area contributed by atoms with Gasteiger partial charge in [-0.3, -0.25) is 0 Å². The molecule has 0 bridgehead atoms. The fraction of sp³-hybridized carbons (Fsp3) is 0.333. The standard InChI is InChI=1S/C12H11F4N3O2S/c1-3-8-4-7(2)10(22(16,20)21)5-9(8)19-6-17-11(18-19)12(13,14)15/h4-6H,3H2,1-2H3. The molecule has 1 heterocycles. The number of aromatic nitrogens is 3. The van der Waals surface area contributed by atoms with Gasteiger partial charge in [-0.15, -0.1) is 8.98 Å². The molecule has 10 heteroatoms. The van der Waals surface area contributed by atoms with E-state index in [9.17, 15) is 25.5 Å². The van der Waals surface area contributed by atoms with E-state index in [1.54, 1.807) is 6.92 Å². The van der Waals surface area contributed by atoms with Crippen molar-refractivity contribution in [3.05, 3.63) is 35.4 Å². The van der Waals surface area contributed by atoms with Gasteiger partial charge in [0, 0.05) is 0 Å². The summed E-state index contributed by atoms with van der Waals surface area (Å²) in [6, 6.07) is 2.36. The topological polar surface area (TPSA) is 64.8 Å². The summed E-state index contributed by atoms with van der Waals surface area (Å²) in [5.41, 5.74) is 0.718. The number of hydrogen-bond acceptors (Lipinski definition) is 4. The molecule has 0 N–H and O–H groups in total. The summed E-state index contributed by atoms with van der Waals surface area (Å²) < 4.78 is 73.9. The molecule has 1 aromatic carbocycles. The van der Waals surface area contributed by atoms with Gasteiger partial charge in [-0.25, -0.2) is 9.67 Å². The van der Waals surface area contributed by atoms with Crippen LogP contribution in [0.15, 0.2) is 23.4 Å². The lowest BCUT2D eigenvalue weighted by molar-refractivity contribution is -0.144. The van der Waals surface area contributed by atoms with E-state index in [0.717, 1.165) is 17.1 Å². The van der Waals surface area contributed by atoms with Crippen LogP contribution in [0.5, 0.6) is 0 Å². The van der Waals surface area contributed by atoms with Crippen molar-refractivity contribution in [2.45, 2.75) is 31.3 Å². The molecule has 0 saturated heterocycles. The Labute approximate surface area is 123 Å². The number of hydrogen-bond donors (Lipinski definition) is 0. The molecule has 0 aliphatic rings. The second-order valence-electron chi connectivity index (χ2n) is 4.55. The average Bonchev–Trinajstić information content (AvgIpc) is 2.86. The number of halogens is 4. The minimum Gasteiger partial charge on any atom is -0.220 e. The van der Waals surface area contributed by atoms with E-state index in [0.29, 0.717) is 12.0 Å². The summed E-state index contributed by atoms with van der Waals surface area (Å²) in [7, 11) is -4.99. The van der Waals surface area contributed by atoms with E-state index >= 15 is 0 Å². The van der Waals surface area contributed by atoms with Crippen LogP contribution in [0.3, 0.4) is 0 Å². The van der Waals surface area contributed by atoms with Gasteiger partial charge >= 0.3 is 16.4 Å². The fourth-order valence-electron chi connectivity index (χ4n) is 2.01. The molecule has 0 radical (unpaired) electrons. The van der Waals surface area contributed by atoms with E-state index < -0.39 is 27.1 Å². The zero-order chi connectivity index (χ0) is 16.7. The second kappa shape index (κ2) is 5.34. The Kier molecular flexibility index (Phi) is 3.98. The van der Waals surface area contributed by atoms with Crippen LogP contribution in [-0.2, 0) is 22.8 Å². The van der Waals surface area contributed by atoms with Gasteiger partial charge in [0.15, 0.2) is 0 Å². The van der Waals surface area contributed by atoms with E-state index in [1.165, 1.54) is 13.0 Å². The molecule has 0 amide bonds. The molecule has 2 rings (SSSR count). The Bertz CT molecular complexity index is 812. The van der Waals surface area contributed by atoms with Crippen LogP contribution >= 0.6 is 0 Å². The van der Waals surface area contributed by atoms with Crippen molar-refractivity contribution in [1.82, 2.24) is 14.8 Å². The third-order valence-corrected chi connectivity index (χ3v) is 3.98. The van der Waals surface area contributed by atoms with Crippen LogP contribution in [-0.4, -0.2) is 23.2 Å². The van der Waals surface area contributed by atoms with Crippen molar-refractivity contribution < 1.29 is 25.5 Å². The normalized spacial score (nSPS) is 12.6. The maximum atomic E-state index is 13.3. The fourth-order valence-corrected chi connectivity index (χ4v) is 2.70. The van der Waals surface area contributed by atoms with Gasteiger partial charge < -0.3 is 0 Å². The molecule has 0 saturated carbocycles. The largest absolute Gasteiger partial charge is 0.453 e. The highest BCUT2D eigenvalue weighted by molar-refractivity contribution is 7.86. The Morgan fingerprint density at radius 2 is 1.91 bits per heavy atom. The number of nitrogens with zero attached hydrogens (tertiary/aromatic N) is 3. The number of aryl methyl sites for hydroxylation is 2. The van der Waals surface area contributed by atoms with Crippen LogP contribution in [0, 0.1) is 6.92 Å². The minimum absolute atomic E-state index is 0.0346. The molecule has 2 aromatic rings. The lowest BCUT2D eigenvalue weighted by Crippen LogP contribution is -2.10. The molecule has 0 atom stereocenters. The van der Waals surface area contributed by atoms with Gasteiger partial charge in [0.1, 0.15) is 11.2 Å². The van der Waals surface area contributed by atoms with Gasteiger partial charge in [-0.2, -0.15) is 21.6 Å².